The quantitative estimate of drug-likeness (QED) is 0.784. The molecule has 0 aromatic heterocycles. The SMILES string of the molecule is Cc1ccc(N(C)C(=O)C(C)(C)C#N)c(C)c1. The molecule has 0 spiro atoms. The van der Waals surface area contributed by atoms with Crippen molar-refractivity contribution >= 4 is 11.6 Å². The van der Waals surface area contributed by atoms with Gasteiger partial charge in [0.25, 0.3) is 0 Å². The van der Waals surface area contributed by atoms with Crippen molar-refractivity contribution in [2.24, 2.45) is 5.41 Å². The first-order chi connectivity index (χ1) is 7.79. The van der Waals surface area contributed by atoms with Crippen molar-refractivity contribution in [2.45, 2.75) is 27.7 Å². The van der Waals surface area contributed by atoms with E-state index in [1.807, 2.05) is 38.1 Å². The molecule has 3 heteroatoms. The number of amides is 1. The fourth-order valence-corrected chi connectivity index (χ4v) is 1.76. The highest BCUT2D eigenvalue weighted by Crippen LogP contribution is 2.25. The van der Waals surface area contributed by atoms with Crippen molar-refractivity contribution in [2.75, 3.05) is 11.9 Å². The first-order valence-corrected chi connectivity index (χ1v) is 5.56. The van der Waals surface area contributed by atoms with E-state index in [9.17, 15) is 4.79 Å². The standard InChI is InChI=1S/C14H18N2O/c1-10-6-7-12(11(2)8-10)16(5)13(17)14(3,4)9-15/h6-8H,1-5H3. The summed E-state index contributed by atoms with van der Waals surface area (Å²) in [4.78, 5) is 13.7. The second kappa shape index (κ2) is 4.58. The van der Waals surface area contributed by atoms with Crippen LogP contribution in [-0.2, 0) is 4.79 Å². The number of nitrogens with zero attached hydrogens (tertiary/aromatic N) is 2. The van der Waals surface area contributed by atoms with Crippen molar-refractivity contribution in [3.05, 3.63) is 29.3 Å². The van der Waals surface area contributed by atoms with Crippen molar-refractivity contribution in [1.82, 2.24) is 0 Å². The lowest BCUT2D eigenvalue weighted by Crippen LogP contribution is -2.38. The third-order valence-electron chi connectivity index (χ3n) is 2.83. The molecular weight excluding hydrogens is 212 g/mol. The zero-order valence-corrected chi connectivity index (χ0v) is 11.0. The Morgan fingerprint density at radius 2 is 1.94 bits per heavy atom. The fourth-order valence-electron chi connectivity index (χ4n) is 1.76. The average molecular weight is 230 g/mol. The molecule has 90 valence electrons. The van der Waals surface area contributed by atoms with Crippen molar-refractivity contribution in [3.8, 4) is 6.07 Å². The lowest BCUT2D eigenvalue weighted by atomic mass is 9.93. The summed E-state index contributed by atoms with van der Waals surface area (Å²) in [6.07, 6.45) is 0. The minimum atomic E-state index is -0.994. The van der Waals surface area contributed by atoms with Crippen LogP contribution in [0.3, 0.4) is 0 Å². The van der Waals surface area contributed by atoms with Crippen LogP contribution in [0.15, 0.2) is 18.2 Å². The van der Waals surface area contributed by atoms with Crippen LogP contribution in [0.4, 0.5) is 5.69 Å². The first kappa shape index (κ1) is 13.2. The maximum Gasteiger partial charge on any atom is 0.246 e. The average Bonchev–Trinajstić information content (AvgIpc) is 2.27. The van der Waals surface area contributed by atoms with E-state index >= 15 is 0 Å². The zero-order chi connectivity index (χ0) is 13.2. The summed E-state index contributed by atoms with van der Waals surface area (Å²) in [5.41, 5.74) is 2.05. The van der Waals surface area contributed by atoms with E-state index in [-0.39, 0.29) is 5.91 Å². The van der Waals surface area contributed by atoms with Gasteiger partial charge in [-0.3, -0.25) is 4.79 Å². The summed E-state index contributed by atoms with van der Waals surface area (Å²) in [5, 5.41) is 8.98. The van der Waals surface area contributed by atoms with E-state index < -0.39 is 5.41 Å². The summed E-state index contributed by atoms with van der Waals surface area (Å²) in [7, 11) is 1.71. The largest absolute Gasteiger partial charge is 0.314 e. The van der Waals surface area contributed by atoms with Gasteiger partial charge in [-0.2, -0.15) is 5.26 Å². The minimum absolute atomic E-state index is 0.188. The molecule has 17 heavy (non-hydrogen) atoms. The number of carbonyl (C=O) groups excluding carboxylic acids is 1. The van der Waals surface area contributed by atoms with Crippen molar-refractivity contribution < 1.29 is 4.79 Å². The van der Waals surface area contributed by atoms with Gasteiger partial charge in [-0.05, 0) is 39.3 Å². The number of benzene rings is 1. The molecule has 0 aliphatic carbocycles. The molecular formula is C14H18N2O. The number of anilines is 1. The lowest BCUT2D eigenvalue weighted by molar-refractivity contribution is -0.123. The number of aryl methyl sites for hydroxylation is 2. The molecule has 0 heterocycles. The molecule has 1 rings (SSSR count). The maximum absolute atomic E-state index is 12.1. The van der Waals surface area contributed by atoms with Crippen LogP contribution in [0, 0.1) is 30.6 Å². The third kappa shape index (κ3) is 2.65. The van der Waals surface area contributed by atoms with Crippen LogP contribution in [0.25, 0.3) is 0 Å². The molecule has 0 unspecified atom stereocenters. The summed E-state index contributed by atoms with van der Waals surface area (Å²) in [6.45, 7) is 7.24. The number of hydrogen-bond acceptors (Lipinski definition) is 2. The summed E-state index contributed by atoms with van der Waals surface area (Å²) >= 11 is 0. The van der Waals surface area contributed by atoms with Gasteiger partial charge in [0.2, 0.25) is 5.91 Å². The molecule has 0 saturated heterocycles. The van der Waals surface area contributed by atoms with Gasteiger partial charge in [-0.15, -0.1) is 0 Å². The van der Waals surface area contributed by atoms with Crippen LogP contribution >= 0.6 is 0 Å². The fraction of sp³-hybridized carbons (Fsp3) is 0.429. The molecule has 0 aliphatic heterocycles. The molecule has 0 radical (unpaired) electrons. The normalized spacial score (nSPS) is 10.8. The number of rotatable bonds is 2. The van der Waals surface area contributed by atoms with Gasteiger partial charge in [0.15, 0.2) is 0 Å². The Morgan fingerprint density at radius 3 is 2.41 bits per heavy atom. The van der Waals surface area contributed by atoms with Gasteiger partial charge in [-0.1, -0.05) is 17.7 Å². The molecule has 1 aromatic carbocycles. The van der Waals surface area contributed by atoms with Crippen LogP contribution in [-0.4, -0.2) is 13.0 Å². The van der Waals surface area contributed by atoms with E-state index in [0.717, 1.165) is 16.8 Å². The summed E-state index contributed by atoms with van der Waals surface area (Å²) in [5.74, 6) is -0.188. The zero-order valence-electron chi connectivity index (χ0n) is 11.0. The van der Waals surface area contributed by atoms with Crippen LogP contribution < -0.4 is 4.90 Å². The highest BCUT2D eigenvalue weighted by Gasteiger charge is 2.31. The Balaban J connectivity index is 3.10. The van der Waals surface area contributed by atoms with E-state index in [0.29, 0.717) is 0 Å². The number of carbonyl (C=O) groups is 1. The van der Waals surface area contributed by atoms with Gasteiger partial charge in [0.1, 0.15) is 5.41 Å². The predicted octanol–water partition coefficient (Wildman–Crippen LogP) is 2.82. The van der Waals surface area contributed by atoms with Crippen LogP contribution in [0.5, 0.6) is 0 Å². The van der Waals surface area contributed by atoms with Gasteiger partial charge in [-0.25, -0.2) is 0 Å². The monoisotopic (exact) mass is 230 g/mol. The van der Waals surface area contributed by atoms with E-state index in [1.165, 1.54) is 0 Å². The Bertz CT molecular complexity index is 483. The summed E-state index contributed by atoms with van der Waals surface area (Å²) < 4.78 is 0. The van der Waals surface area contributed by atoms with Gasteiger partial charge >= 0.3 is 0 Å². The molecule has 0 atom stereocenters. The third-order valence-corrected chi connectivity index (χ3v) is 2.83. The van der Waals surface area contributed by atoms with E-state index in [2.05, 4.69) is 0 Å². The van der Waals surface area contributed by atoms with Crippen molar-refractivity contribution in [1.29, 1.82) is 5.26 Å². The predicted molar refractivity (Wildman–Crippen MR) is 68.7 cm³/mol. The van der Waals surface area contributed by atoms with Crippen LogP contribution in [0.1, 0.15) is 25.0 Å². The minimum Gasteiger partial charge on any atom is -0.314 e. The second-order valence-electron chi connectivity index (χ2n) is 4.89. The van der Waals surface area contributed by atoms with Gasteiger partial charge in [0, 0.05) is 12.7 Å². The molecule has 3 nitrogen and oxygen atoms in total. The molecule has 1 aromatic rings. The number of nitriles is 1. The first-order valence-electron chi connectivity index (χ1n) is 5.56. The Labute approximate surface area is 103 Å². The van der Waals surface area contributed by atoms with Crippen molar-refractivity contribution in [3.63, 3.8) is 0 Å². The smallest absolute Gasteiger partial charge is 0.246 e. The molecule has 1 amide bonds. The topological polar surface area (TPSA) is 44.1 Å². The van der Waals surface area contributed by atoms with Gasteiger partial charge in [0.05, 0.1) is 6.07 Å². The molecule has 0 bridgehead atoms. The van der Waals surface area contributed by atoms with Gasteiger partial charge < -0.3 is 4.90 Å². The number of hydrogen-bond donors (Lipinski definition) is 0. The molecule has 0 aliphatic rings. The Hall–Kier alpha value is -1.82. The van der Waals surface area contributed by atoms with Crippen LogP contribution in [0.2, 0.25) is 0 Å². The van der Waals surface area contributed by atoms with E-state index in [1.54, 1.807) is 25.8 Å². The molecule has 0 saturated carbocycles. The Kier molecular flexibility index (Phi) is 3.57. The highest BCUT2D eigenvalue weighted by molar-refractivity contribution is 5.98. The maximum atomic E-state index is 12.1. The lowest BCUT2D eigenvalue weighted by Gasteiger charge is -2.25. The second-order valence-corrected chi connectivity index (χ2v) is 4.89. The molecule has 0 fully saturated rings. The summed E-state index contributed by atoms with van der Waals surface area (Å²) in [6, 6.07) is 7.93. The van der Waals surface area contributed by atoms with E-state index in [4.69, 9.17) is 5.26 Å². The molecule has 0 N–H and O–H groups in total. The Morgan fingerprint density at radius 1 is 1.35 bits per heavy atom. The highest BCUT2D eigenvalue weighted by atomic mass is 16.2.